The fourth-order valence-corrected chi connectivity index (χ4v) is 6.14. The maximum absolute atomic E-state index is 13.7. The van der Waals surface area contributed by atoms with Crippen LogP contribution >= 0.6 is 0 Å². The third-order valence-corrected chi connectivity index (χ3v) is 8.84. The van der Waals surface area contributed by atoms with Gasteiger partial charge >= 0.3 is 0 Å². The molecule has 1 saturated heterocycles. The van der Waals surface area contributed by atoms with Crippen LogP contribution < -0.4 is 0 Å². The van der Waals surface area contributed by atoms with E-state index in [1.165, 1.54) is 44.6 Å². The third-order valence-electron chi connectivity index (χ3n) is 8.84. The molecule has 5 rings (SSSR count). The van der Waals surface area contributed by atoms with Crippen molar-refractivity contribution in [3.8, 4) is 11.1 Å². The van der Waals surface area contributed by atoms with Crippen molar-refractivity contribution in [3.63, 3.8) is 0 Å². The normalized spacial score (nSPS) is 14.7. The summed E-state index contributed by atoms with van der Waals surface area (Å²) in [5.41, 5.74) is 5.00. The van der Waals surface area contributed by atoms with E-state index >= 15 is 0 Å². The molecule has 2 aromatic carbocycles. The van der Waals surface area contributed by atoms with Crippen molar-refractivity contribution in [1.29, 1.82) is 0 Å². The first kappa shape index (κ1) is 30.1. The summed E-state index contributed by atoms with van der Waals surface area (Å²) in [5.74, 6) is 1.42. The second kappa shape index (κ2) is 13.7. The zero-order valence-corrected chi connectivity index (χ0v) is 26.1. The summed E-state index contributed by atoms with van der Waals surface area (Å²) in [6, 6.07) is 14.7. The van der Waals surface area contributed by atoms with Crippen LogP contribution in [0, 0.1) is 18.8 Å². The molecule has 0 bridgehead atoms. The number of benzene rings is 2. The monoisotopic (exact) mass is 569 g/mol. The van der Waals surface area contributed by atoms with Gasteiger partial charge in [0.1, 0.15) is 0 Å². The molecule has 1 fully saturated rings. The Bertz CT molecular complexity index is 1470. The number of carbonyl (C=O) groups is 1. The van der Waals surface area contributed by atoms with E-state index < -0.39 is 0 Å². The van der Waals surface area contributed by atoms with Gasteiger partial charge in [0.2, 0.25) is 0 Å². The Labute approximate surface area is 251 Å². The number of likely N-dealkylation sites (tertiary alicyclic amines) is 1. The van der Waals surface area contributed by atoms with E-state index in [1.54, 1.807) is 12.0 Å². The zero-order valence-electron chi connectivity index (χ0n) is 26.1. The number of piperidine rings is 1. The van der Waals surface area contributed by atoms with Gasteiger partial charge in [-0.05, 0) is 74.0 Å². The van der Waals surface area contributed by atoms with Gasteiger partial charge in [-0.2, -0.15) is 0 Å². The van der Waals surface area contributed by atoms with Gasteiger partial charge in [-0.25, -0.2) is 4.98 Å². The summed E-state index contributed by atoms with van der Waals surface area (Å²) < 4.78 is 9.78. The number of aryl methyl sites for hydroxylation is 1. The SMILES string of the molecule is COCCN(C)C(=O)c1cn(Cc2c(C)ncn2CC2CCN(CCC(C)C)CC2)cc1-c1cccc2ccccc12. The Balaban J connectivity index is 1.40. The van der Waals surface area contributed by atoms with Crippen LogP contribution in [0.3, 0.4) is 0 Å². The number of hydrogen-bond donors (Lipinski definition) is 0. The molecule has 0 saturated carbocycles. The topological polar surface area (TPSA) is 55.5 Å². The van der Waals surface area contributed by atoms with Crippen LogP contribution in [0.25, 0.3) is 21.9 Å². The highest BCUT2D eigenvalue weighted by Gasteiger charge is 2.23. The Kier molecular flexibility index (Phi) is 9.80. The van der Waals surface area contributed by atoms with E-state index in [0.717, 1.165) is 40.1 Å². The van der Waals surface area contributed by atoms with E-state index in [1.807, 2.05) is 19.6 Å². The minimum Gasteiger partial charge on any atom is -0.383 e. The first-order chi connectivity index (χ1) is 20.3. The second-order valence-corrected chi connectivity index (χ2v) is 12.4. The Morgan fingerprint density at radius 1 is 1.07 bits per heavy atom. The van der Waals surface area contributed by atoms with Gasteiger partial charge < -0.3 is 23.7 Å². The van der Waals surface area contributed by atoms with Gasteiger partial charge in [0.15, 0.2) is 0 Å². The van der Waals surface area contributed by atoms with E-state index in [2.05, 4.69) is 83.5 Å². The van der Waals surface area contributed by atoms with Gasteiger partial charge in [0.25, 0.3) is 5.91 Å². The van der Waals surface area contributed by atoms with Crippen LogP contribution in [0.1, 0.15) is 54.9 Å². The molecule has 0 spiro atoms. The maximum atomic E-state index is 13.7. The average Bonchev–Trinajstić information content (AvgIpc) is 3.58. The number of fused-ring (bicyclic) bond motifs is 1. The number of likely N-dealkylation sites (N-methyl/N-ethyl adjacent to an activating group) is 1. The Morgan fingerprint density at radius 3 is 2.60 bits per heavy atom. The molecular formula is C35H47N5O2. The fraction of sp³-hybridized carbons (Fsp3) is 0.486. The van der Waals surface area contributed by atoms with Gasteiger partial charge in [0.05, 0.1) is 36.4 Å². The highest BCUT2D eigenvalue weighted by Crippen LogP contribution is 2.33. The smallest absolute Gasteiger partial charge is 0.255 e. The summed E-state index contributed by atoms with van der Waals surface area (Å²) in [7, 11) is 3.51. The molecule has 2 aromatic heterocycles. The maximum Gasteiger partial charge on any atom is 0.255 e. The minimum absolute atomic E-state index is 0.00295. The number of aromatic nitrogens is 3. The predicted molar refractivity (Wildman–Crippen MR) is 171 cm³/mol. The Morgan fingerprint density at radius 2 is 1.83 bits per heavy atom. The molecule has 1 aliphatic heterocycles. The largest absolute Gasteiger partial charge is 0.383 e. The molecule has 0 N–H and O–H groups in total. The van der Waals surface area contributed by atoms with Gasteiger partial charge in [-0.1, -0.05) is 56.3 Å². The number of amides is 1. The number of imidazole rings is 1. The van der Waals surface area contributed by atoms with Crippen molar-refractivity contribution in [2.24, 2.45) is 11.8 Å². The first-order valence-corrected chi connectivity index (χ1v) is 15.5. The number of nitrogens with zero attached hydrogens (tertiary/aromatic N) is 5. The molecule has 7 nitrogen and oxygen atoms in total. The van der Waals surface area contributed by atoms with Gasteiger partial charge in [-0.3, -0.25) is 4.79 Å². The van der Waals surface area contributed by atoms with E-state index in [-0.39, 0.29) is 5.91 Å². The van der Waals surface area contributed by atoms with Crippen LogP contribution in [0.4, 0.5) is 0 Å². The van der Waals surface area contributed by atoms with Crippen LogP contribution in [0.15, 0.2) is 61.2 Å². The van der Waals surface area contributed by atoms with Crippen molar-refractivity contribution >= 4 is 16.7 Å². The molecule has 1 aliphatic rings. The average molecular weight is 570 g/mol. The van der Waals surface area contributed by atoms with Crippen LogP contribution in [-0.2, 0) is 17.8 Å². The minimum atomic E-state index is 0.00295. The second-order valence-electron chi connectivity index (χ2n) is 12.4. The molecule has 0 radical (unpaired) electrons. The third kappa shape index (κ3) is 6.96. The molecule has 3 heterocycles. The molecule has 224 valence electrons. The standard InChI is InChI=1S/C35H47N5O2/c1-26(2)13-16-38-17-14-28(15-18-38)21-40-25-36-27(3)34(40)24-39-22-32(33(23-39)35(41)37(4)19-20-42-5)31-12-8-10-29-9-6-7-11-30(29)31/h6-12,22-23,25-26,28H,13-21,24H2,1-5H3. The summed E-state index contributed by atoms with van der Waals surface area (Å²) in [4.78, 5) is 22.8. The lowest BCUT2D eigenvalue weighted by molar-refractivity contribution is 0.0745. The number of hydrogen-bond acceptors (Lipinski definition) is 4. The number of methoxy groups -OCH3 is 1. The van der Waals surface area contributed by atoms with Crippen molar-refractivity contribution in [3.05, 3.63) is 78.1 Å². The lowest BCUT2D eigenvalue weighted by Gasteiger charge is -2.32. The molecule has 0 aliphatic carbocycles. The van der Waals surface area contributed by atoms with Crippen molar-refractivity contribution in [1.82, 2.24) is 23.9 Å². The highest BCUT2D eigenvalue weighted by molar-refractivity contribution is 6.05. The molecule has 4 aromatic rings. The molecule has 0 unspecified atom stereocenters. The van der Waals surface area contributed by atoms with Crippen LogP contribution in [0.2, 0.25) is 0 Å². The highest BCUT2D eigenvalue weighted by atomic mass is 16.5. The van der Waals surface area contributed by atoms with E-state index in [4.69, 9.17) is 9.72 Å². The van der Waals surface area contributed by atoms with Crippen LogP contribution in [0.5, 0.6) is 0 Å². The van der Waals surface area contributed by atoms with Crippen molar-refractivity contribution in [2.45, 2.75) is 53.1 Å². The number of ether oxygens (including phenoxy) is 1. The van der Waals surface area contributed by atoms with Gasteiger partial charge in [-0.15, -0.1) is 0 Å². The summed E-state index contributed by atoms with van der Waals surface area (Å²) in [6.07, 6.45) is 9.91. The lowest BCUT2D eigenvalue weighted by Crippen LogP contribution is -2.36. The van der Waals surface area contributed by atoms with E-state index in [0.29, 0.717) is 31.2 Å². The lowest BCUT2D eigenvalue weighted by atomic mass is 9.96. The van der Waals surface area contributed by atoms with Crippen molar-refractivity contribution < 1.29 is 9.53 Å². The zero-order chi connectivity index (χ0) is 29.6. The Hall–Kier alpha value is -3.42. The van der Waals surface area contributed by atoms with E-state index in [9.17, 15) is 4.79 Å². The summed E-state index contributed by atoms with van der Waals surface area (Å²) in [6.45, 7) is 13.0. The molecule has 0 atom stereocenters. The van der Waals surface area contributed by atoms with Gasteiger partial charge in [0, 0.05) is 45.2 Å². The van der Waals surface area contributed by atoms with Crippen LogP contribution in [-0.4, -0.2) is 76.8 Å². The summed E-state index contributed by atoms with van der Waals surface area (Å²) >= 11 is 0. The fourth-order valence-electron chi connectivity index (χ4n) is 6.14. The first-order valence-electron chi connectivity index (χ1n) is 15.5. The molecule has 1 amide bonds. The molecule has 42 heavy (non-hydrogen) atoms. The number of rotatable bonds is 12. The summed E-state index contributed by atoms with van der Waals surface area (Å²) in [5, 5.41) is 2.31. The predicted octanol–water partition coefficient (Wildman–Crippen LogP) is 6.34. The number of carbonyl (C=O) groups excluding carboxylic acids is 1. The van der Waals surface area contributed by atoms with Crippen molar-refractivity contribution in [2.75, 3.05) is 46.9 Å². The molecular weight excluding hydrogens is 522 g/mol. The molecule has 7 heteroatoms. The quantitative estimate of drug-likeness (QED) is 0.200.